The van der Waals surface area contributed by atoms with Crippen molar-refractivity contribution in [3.05, 3.63) is 30.1 Å². The van der Waals surface area contributed by atoms with Gasteiger partial charge in [-0.3, -0.25) is 4.98 Å². The van der Waals surface area contributed by atoms with Crippen molar-refractivity contribution < 1.29 is 9.53 Å². The normalized spacial score (nSPS) is 12.3. The average molecular weight is 235 g/mol. The van der Waals surface area contributed by atoms with Gasteiger partial charge in [0.15, 0.2) is 5.84 Å². The number of hydrogen-bond donors (Lipinski definition) is 2. The van der Waals surface area contributed by atoms with Gasteiger partial charge in [0.05, 0.1) is 6.61 Å². The van der Waals surface area contributed by atoms with Crippen molar-refractivity contribution >= 4 is 17.6 Å². The molecular weight excluding hydrogens is 222 g/mol. The summed E-state index contributed by atoms with van der Waals surface area (Å²) in [5.74, 6) is -1.02. The van der Waals surface area contributed by atoms with Crippen LogP contribution in [0.15, 0.2) is 34.6 Å². The molecule has 0 aromatic carbocycles. The first-order valence-corrected chi connectivity index (χ1v) is 4.90. The molecule has 7 heteroatoms. The maximum absolute atomic E-state index is 11.1. The molecule has 0 aliphatic rings. The third-order valence-electron chi connectivity index (χ3n) is 1.68. The van der Waals surface area contributed by atoms with Crippen LogP contribution < -0.4 is 11.5 Å². The van der Waals surface area contributed by atoms with Crippen molar-refractivity contribution in [1.29, 1.82) is 0 Å². The van der Waals surface area contributed by atoms with Crippen LogP contribution in [0.5, 0.6) is 0 Å². The first kappa shape index (κ1) is 12.6. The Bertz CT molecular complexity index is 441. The lowest BCUT2D eigenvalue weighted by atomic mass is 10.3. The number of amidine groups is 2. The maximum atomic E-state index is 11.1. The van der Waals surface area contributed by atoms with Crippen molar-refractivity contribution in [3.63, 3.8) is 0 Å². The molecular formula is C10H13N5O2. The highest BCUT2D eigenvalue weighted by Crippen LogP contribution is 1.93. The van der Waals surface area contributed by atoms with Crippen LogP contribution in [-0.4, -0.2) is 29.2 Å². The van der Waals surface area contributed by atoms with Crippen molar-refractivity contribution in [1.82, 2.24) is 4.98 Å². The van der Waals surface area contributed by atoms with Gasteiger partial charge in [0, 0.05) is 6.20 Å². The van der Waals surface area contributed by atoms with E-state index in [2.05, 4.69) is 19.9 Å². The van der Waals surface area contributed by atoms with Gasteiger partial charge >= 0.3 is 5.97 Å². The van der Waals surface area contributed by atoms with Crippen LogP contribution in [-0.2, 0) is 9.53 Å². The van der Waals surface area contributed by atoms with Crippen LogP contribution in [0.25, 0.3) is 0 Å². The summed E-state index contributed by atoms with van der Waals surface area (Å²) < 4.78 is 4.62. The molecule has 4 N–H and O–H groups in total. The smallest absolute Gasteiger partial charge is 0.375 e. The zero-order valence-electron chi connectivity index (χ0n) is 9.33. The number of hydrogen-bond acceptors (Lipinski definition) is 5. The van der Waals surface area contributed by atoms with Crippen LogP contribution in [0.4, 0.5) is 0 Å². The van der Waals surface area contributed by atoms with Crippen molar-refractivity contribution in [2.45, 2.75) is 6.92 Å². The lowest BCUT2D eigenvalue weighted by molar-refractivity contribution is -0.135. The number of nitrogens with zero attached hydrogens (tertiary/aromatic N) is 3. The van der Waals surface area contributed by atoms with Gasteiger partial charge in [0.25, 0.3) is 0 Å². The summed E-state index contributed by atoms with van der Waals surface area (Å²) in [6.07, 6.45) is 1.57. The molecule has 0 spiro atoms. The predicted octanol–water partition coefficient (Wildman–Crippen LogP) is -0.378. The Balaban J connectivity index is 2.77. The largest absolute Gasteiger partial charge is 0.460 e. The Kier molecular flexibility index (Phi) is 4.61. The minimum atomic E-state index is -0.731. The third-order valence-corrected chi connectivity index (χ3v) is 1.68. The fraction of sp³-hybridized carbons (Fsp3) is 0.200. The number of esters is 1. The highest BCUT2D eigenvalue weighted by Gasteiger charge is 2.07. The predicted molar refractivity (Wildman–Crippen MR) is 63.2 cm³/mol. The van der Waals surface area contributed by atoms with Crippen molar-refractivity contribution in [3.8, 4) is 0 Å². The van der Waals surface area contributed by atoms with E-state index < -0.39 is 5.97 Å². The minimum Gasteiger partial charge on any atom is -0.460 e. The van der Waals surface area contributed by atoms with Crippen LogP contribution in [0.3, 0.4) is 0 Å². The van der Waals surface area contributed by atoms with Gasteiger partial charge in [-0.25, -0.2) is 4.79 Å². The van der Waals surface area contributed by atoms with E-state index >= 15 is 0 Å². The van der Waals surface area contributed by atoms with E-state index in [0.29, 0.717) is 5.69 Å². The number of carbonyl (C=O) groups is 1. The molecule has 0 amide bonds. The maximum Gasteiger partial charge on any atom is 0.375 e. The van der Waals surface area contributed by atoms with Crippen molar-refractivity contribution in [2.24, 2.45) is 21.7 Å². The number of rotatable bonds is 3. The summed E-state index contributed by atoms with van der Waals surface area (Å²) in [5, 5.41) is 7.05. The molecule has 0 fully saturated rings. The molecule has 0 atom stereocenters. The average Bonchev–Trinajstić information content (AvgIpc) is 2.36. The molecule has 1 aromatic rings. The van der Waals surface area contributed by atoms with E-state index in [1.165, 1.54) is 0 Å². The molecule has 0 saturated heterocycles. The van der Waals surface area contributed by atoms with E-state index in [4.69, 9.17) is 11.5 Å². The number of pyridine rings is 1. The van der Waals surface area contributed by atoms with Crippen molar-refractivity contribution in [2.75, 3.05) is 6.61 Å². The molecule has 0 aliphatic heterocycles. The quantitative estimate of drug-likeness (QED) is 0.320. The second-order valence-electron chi connectivity index (χ2n) is 2.91. The molecule has 0 aliphatic carbocycles. The first-order chi connectivity index (χ1) is 8.15. The topological polar surface area (TPSA) is 116 Å². The Morgan fingerprint density at radius 1 is 1.41 bits per heavy atom. The fourth-order valence-electron chi connectivity index (χ4n) is 0.919. The summed E-state index contributed by atoms with van der Waals surface area (Å²) in [7, 11) is 0. The van der Waals surface area contributed by atoms with E-state index in [9.17, 15) is 4.79 Å². The van der Waals surface area contributed by atoms with Crippen LogP contribution in [0.2, 0.25) is 0 Å². The molecule has 0 bridgehead atoms. The van der Waals surface area contributed by atoms with Gasteiger partial charge in [0.1, 0.15) is 5.69 Å². The van der Waals surface area contributed by atoms with Crippen LogP contribution in [0.1, 0.15) is 12.6 Å². The molecule has 1 rings (SSSR count). The fourth-order valence-corrected chi connectivity index (χ4v) is 0.919. The SMILES string of the molecule is CCOC(=O)/C(N)=N/N=C(\N)c1ccccn1. The van der Waals surface area contributed by atoms with Gasteiger partial charge < -0.3 is 16.2 Å². The lowest BCUT2D eigenvalue weighted by Gasteiger charge is -1.99. The Labute approximate surface area is 98.2 Å². The monoisotopic (exact) mass is 235 g/mol. The van der Waals surface area contributed by atoms with Crippen LogP contribution >= 0.6 is 0 Å². The highest BCUT2D eigenvalue weighted by atomic mass is 16.5. The number of carbonyl (C=O) groups excluding carboxylic acids is 1. The van der Waals surface area contributed by atoms with Crippen LogP contribution in [0, 0.1) is 0 Å². The van der Waals surface area contributed by atoms with E-state index in [-0.39, 0.29) is 18.3 Å². The number of nitrogens with two attached hydrogens (primary N) is 2. The highest BCUT2D eigenvalue weighted by molar-refractivity contribution is 6.34. The van der Waals surface area contributed by atoms with E-state index in [0.717, 1.165) is 0 Å². The summed E-state index contributed by atoms with van der Waals surface area (Å²) in [4.78, 5) is 15.0. The molecule has 1 aromatic heterocycles. The lowest BCUT2D eigenvalue weighted by Crippen LogP contribution is -2.26. The zero-order valence-corrected chi connectivity index (χ0v) is 9.33. The third kappa shape index (κ3) is 3.90. The molecule has 0 radical (unpaired) electrons. The summed E-state index contributed by atoms with van der Waals surface area (Å²) in [6.45, 7) is 1.88. The molecule has 0 unspecified atom stereocenters. The summed E-state index contributed by atoms with van der Waals surface area (Å²) in [5.41, 5.74) is 11.4. The van der Waals surface area contributed by atoms with Gasteiger partial charge in [-0.2, -0.15) is 0 Å². The molecule has 17 heavy (non-hydrogen) atoms. The zero-order chi connectivity index (χ0) is 12.7. The second kappa shape index (κ2) is 6.21. The van der Waals surface area contributed by atoms with Gasteiger partial charge in [-0.05, 0) is 19.1 Å². The summed E-state index contributed by atoms with van der Waals surface area (Å²) >= 11 is 0. The second-order valence-corrected chi connectivity index (χ2v) is 2.91. The molecule has 7 nitrogen and oxygen atoms in total. The Morgan fingerprint density at radius 3 is 2.76 bits per heavy atom. The number of ether oxygens (including phenoxy) is 1. The Hall–Kier alpha value is -2.44. The molecule has 1 heterocycles. The van der Waals surface area contributed by atoms with Gasteiger partial charge in [0.2, 0.25) is 5.84 Å². The Morgan fingerprint density at radius 2 is 2.18 bits per heavy atom. The number of aromatic nitrogens is 1. The molecule has 0 saturated carbocycles. The molecule has 90 valence electrons. The first-order valence-electron chi connectivity index (χ1n) is 4.90. The minimum absolute atomic E-state index is 0.0675. The van der Waals surface area contributed by atoms with E-state index in [1.807, 2.05) is 0 Å². The van der Waals surface area contributed by atoms with Gasteiger partial charge in [-0.15, -0.1) is 10.2 Å². The standard InChI is InChI=1S/C10H13N5O2/c1-2-17-10(16)9(12)15-14-8(11)7-5-3-4-6-13-7/h3-6H,2H2,1H3,(H2,11,14)(H2,12,15). The van der Waals surface area contributed by atoms with E-state index in [1.54, 1.807) is 31.3 Å². The van der Waals surface area contributed by atoms with Gasteiger partial charge in [-0.1, -0.05) is 6.07 Å². The summed E-state index contributed by atoms with van der Waals surface area (Å²) in [6, 6.07) is 5.16.